The van der Waals surface area contributed by atoms with Crippen molar-refractivity contribution in [1.82, 2.24) is 25.0 Å². The van der Waals surface area contributed by atoms with Gasteiger partial charge in [-0.05, 0) is 44.0 Å². The monoisotopic (exact) mass is 383 g/mol. The average Bonchev–Trinajstić information content (AvgIpc) is 3.20. The SMILES string of the molecule is Cc1nc([C@H]2CCCN(C(=O)c3ccc(C(=O)N4CCOCC4)cc3)C2)n[nH]1. The summed E-state index contributed by atoms with van der Waals surface area (Å²) in [5.41, 5.74) is 1.21. The van der Waals surface area contributed by atoms with Gasteiger partial charge in [0.15, 0.2) is 5.82 Å². The maximum Gasteiger partial charge on any atom is 0.254 e. The van der Waals surface area contributed by atoms with Gasteiger partial charge in [-0.25, -0.2) is 4.98 Å². The number of hydrogen-bond donors (Lipinski definition) is 1. The van der Waals surface area contributed by atoms with Gasteiger partial charge in [0.1, 0.15) is 5.82 Å². The fraction of sp³-hybridized carbons (Fsp3) is 0.500. The van der Waals surface area contributed by atoms with Crippen molar-refractivity contribution in [1.29, 1.82) is 0 Å². The number of benzene rings is 1. The van der Waals surface area contributed by atoms with E-state index in [9.17, 15) is 9.59 Å². The first-order valence-corrected chi connectivity index (χ1v) is 9.77. The summed E-state index contributed by atoms with van der Waals surface area (Å²) in [5.74, 6) is 1.70. The van der Waals surface area contributed by atoms with E-state index in [1.165, 1.54) is 0 Å². The molecule has 8 nitrogen and oxygen atoms in total. The number of ether oxygens (including phenoxy) is 1. The van der Waals surface area contributed by atoms with Crippen LogP contribution in [0.1, 0.15) is 51.1 Å². The van der Waals surface area contributed by atoms with Gasteiger partial charge < -0.3 is 14.5 Å². The lowest BCUT2D eigenvalue weighted by molar-refractivity contribution is 0.0303. The molecule has 0 saturated carbocycles. The van der Waals surface area contributed by atoms with Crippen LogP contribution in [0.15, 0.2) is 24.3 Å². The standard InChI is InChI=1S/C20H25N5O3/c1-14-21-18(23-22-14)17-3-2-8-25(13-17)20(27)16-6-4-15(5-7-16)19(26)24-9-11-28-12-10-24/h4-7,17H,2-3,8-13H2,1H3,(H,21,22,23)/t17-/m0/s1. The molecular weight excluding hydrogens is 358 g/mol. The first-order valence-electron chi connectivity index (χ1n) is 9.77. The zero-order valence-electron chi connectivity index (χ0n) is 16.1. The van der Waals surface area contributed by atoms with E-state index in [1.807, 2.05) is 11.8 Å². The normalized spacial score (nSPS) is 20.2. The van der Waals surface area contributed by atoms with E-state index in [0.29, 0.717) is 44.0 Å². The number of carbonyl (C=O) groups excluding carboxylic acids is 2. The Kier molecular flexibility index (Phi) is 5.38. The summed E-state index contributed by atoms with van der Waals surface area (Å²) in [6.45, 7) is 5.58. The van der Waals surface area contributed by atoms with Gasteiger partial charge in [0.25, 0.3) is 11.8 Å². The first kappa shape index (κ1) is 18.6. The molecule has 2 fully saturated rings. The van der Waals surface area contributed by atoms with Crippen LogP contribution in [-0.2, 0) is 4.74 Å². The number of aromatic amines is 1. The highest BCUT2D eigenvalue weighted by atomic mass is 16.5. The third-order valence-electron chi connectivity index (χ3n) is 5.37. The maximum absolute atomic E-state index is 12.9. The van der Waals surface area contributed by atoms with Crippen LogP contribution in [0.3, 0.4) is 0 Å². The smallest absolute Gasteiger partial charge is 0.254 e. The molecule has 0 radical (unpaired) electrons. The highest BCUT2D eigenvalue weighted by Gasteiger charge is 2.28. The van der Waals surface area contributed by atoms with Gasteiger partial charge >= 0.3 is 0 Å². The Morgan fingerprint density at radius 2 is 1.68 bits per heavy atom. The fourth-order valence-corrected chi connectivity index (χ4v) is 3.80. The first-order chi connectivity index (χ1) is 13.6. The number of nitrogens with one attached hydrogen (secondary N) is 1. The molecule has 3 heterocycles. The number of morpholine rings is 1. The summed E-state index contributed by atoms with van der Waals surface area (Å²) in [6.07, 6.45) is 1.91. The van der Waals surface area contributed by atoms with E-state index in [0.717, 1.165) is 31.0 Å². The topological polar surface area (TPSA) is 91.4 Å². The number of nitrogens with zero attached hydrogens (tertiary/aromatic N) is 4. The summed E-state index contributed by atoms with van der Waals surface area (Å²) in [4.78, 5) is 33.5. The van der Waals surface area contributed by atoms with Crippen molar-refractivity contribution in [3.8, 4) is 0 Å². The lowest BCUT2D eigenvalue weighted by Gasteiger charge is -2.31. The van der Waals surface area contributed by atoms with E-state index >= 15 is 0 Å². The molecule has 148 valence electrons. The summed E-state index contributed by atoms with van der Waals surface area (Å²) >= 11 is 0. The van der Waals surface area contributed by atoms with Crippen molar-refractivity contribution < 1.29 is 14.3 Å². The minimum Gasteiger partial charge on any atom is -0.378 e. The molecule has 2 aromatic rings. The average molecular weight is 383 g/mol. The summed E-state index contributed by atoms with van der Waals surface area (Å²) in [6, 6.07) is 6.98. The Balaban J connectivity index is 1.42. The predicted molar refractivity (Wildman–Crippen MR) is 102 cm³/mol. The number of piperidine rings is 1. The lowest BCUT2D eigenvalue weighted by atomic mass is 9.96. The number of aryl methyl sites for hydroxylation is 1. The van der Waals surface area contributed by atoms with Crippen LogP contribution in [0, 0.1) is 6.92 Å². The number of hydrogen-bond acceptors (Lipinski definition) is 5. The Morgan fingerprint density at radius 1 is 1.04 bits per heavy atom. The van der Waals surface area contributed by atoms with E-state index in [4.69, 9.17) is 4.74 Å². The molecule has 4 rings (SSSR count). The number of carbonyl (C=O) groups is 2. The maximum atomic E-state index is 12.9. The molecular formula is C20H25N5O3. The fourth-order valence-electron chi connectivity index (χ4n) is 3.80. The van der Waals surface area contributed by atoms with Crippen LogP contribution >= 0.6 is 0 Å². The van der Waals surface area contributed by atoms with Crippen LogP contribution in [0.25, 0.3) is 0 Å². The van der Waals surface area contributed by atoms with Crippen molar-refractivity contribution in [3.05, 3.63) is 47.0 Å². The van der Waals surface area contributed by atoms with Gasteiger partial charge in [-0.15, -0.1) is 0 Å². The Bertz CT molecular complexity index is 842. The number of H-pyrrole nitrogens is 1. The van der Waals surface area contributed by atoms with Crippen LogP contribution in [0.4, 0.5) is 0 Å². The lowest BCUT2D eigenvalue weighted by Crippen LogP contribution is -2.41. The molecule has 2 aliphatic heterocycles. The van der Waals surface area contributed by atoms with Gasteiger partial charge in [-0.3, -0.25) is 14.7 Å². The zero-order valence-corrected chi connectivity index (χ0v) is 16.1. The van der Waals surface area contributed by atoms with Crippen LogP contribution in [0.5, 0.6) is 0 Å². The predicted octanol–water partition coefficient (Wildman–Crippen LogP) is 1.61. The second-order valence-corrected chi connectivity index (χ2v) is 7.35. The number of rotatable bonds is 3. The summed E-state index contributed by atoms with van der Waals surface area (Å²) < 4.78 is 5.29. The molecule has 0 spiro atoms. The van der Waals surface area contributed by atoms with Gasteiger partial charge in [-0.2, -0.15) is 5.10 Å². The Morgan fingerprint density at radius 3 is 2.29 bits per heavy atom. The van der Waals surface area contributed by atoms with E-state index < -0.39 is 0 Å². The molecule has 28 heavy (non-hydrogen) atoms. The van der Waals surface area contributed by atoms with Gasteiger partial charge in [0.2, 0.25) is 0 Å². The molecule has 2 saturated heterocycles. The molecule has 2 amide bonds. The Hall–Kier alpha value is -2.74. The quantitative estimate of drug-likeness (QED) is 0.869. The van der Waals surface area contributed by atoms with Crippen LogP contribution in [0.2, 0.25) is 0 Å². The number of amides is 2. The minimum absolute atomic E-state index is 0.0117. The van der Waals surface area contributed by atoms with Crippen molar-refractivity contribution in [2.75, 3.05) is 39.4 Å². The molecule has 1 N–H and O–H groups in total. The van der Waals surface area contributed by atoms with Gasteiger partial charge in [-0.1, -0.05) is 0 Å². The minimum atomic E-state index is -0.0136. The van der Waals surface area contributed by atoms with Crippen molar-refractivity contribution >= 4 is 11.8 Å². The van der Waals surface area contributed by atoms with E-state index in [1.54, 1.807) is 29.2 Å². The van der Waals surface area contributed by atoms with Crippen LogP contribution < -0.4 is 0 Å². The highest BCUT2D eigenvalue weighted by molar-refractivity contribution is 5.98. The largest absolute Gasteiger partial charge is 0.378 e. The van der Waals surface area contributed by atoms with Crippen LogP contribution in [-0.4, -0.2) is 76.2 Å². The zero-order chi connectivity index (χ0) is 19.5. The number of likely N-dealkylation sites (tertiary alicyclic amines) is 1. The highest BCUT2D eigenvalue weighted by Crippen LogP contribution is 2.25. The second-order valence-electron chi connectivity index (χ2n) is 7.35. The van der Waals surface area contributed by atoms with Crippen molar-refractivity contribution in [2.45, 2.75) is 25.7 Å². The second kappa shape index (κ2) is 8.10. The number of aromatic nitrogens is 3. The van der Waals surface area contributed by atoms with Gasteiger partial charge in [0.05, 0.1) is 13.2 Å². The van der Waals surface area contributed by atoms with Gasteiger partial charge in [0, 0.05) is 43.2 Å². The van der Waals surface area contributed by atoms with E-state index in [2.05, 4.69) is 15.2 Å². The summed E-state index contributed by atoms with van der Waals surface area (Å²) in [7, 11) is 0. The third kappa shape index (κ3) is 3.91. The molecule has 1 aromatic carbocycles. The molecule has 1 atom stereocenters. The molecule has 8 heteroatoms. The van der Waals surface area contributed by atoms with Crippen molar-refractivity contribution in [3.63, 3.8) is 0 Å². The third-order valence-corrected chi connectivity index (χ3v) is 5.37. The molecule has 2 aliphatic rings. The molecule has 0 unspecified atom stereocenters. The molecule has 1 aromatic heterocycles. The van der Waals surface area contributed by atoms with E-state index in [-0.39, 0.29) is 17.7 Å². The molecule has 0 bridgehead atoms. The van der Waals surface area contributed by atoms with Crippen molar-refractivity contribution in [2.24, 2.45) is 0 Å². The Labute approximate surface area is 163 Å². The summed E-state index contributed by atoms with van der Waals surface area (Å²) in [5, 5.41) is 7.13. The molecule has 0 aliphatic carbocycles.